The van der Waals surface area contributed by atoms with Gasteiger partial charge in [0.2, 0.25) is 0 Å². The van der Waals surface area contributed by atoms with Crippen LogP contribution in [0.1, 0.15) is 26.2 Å². The molecule has 2 nitrogen and oxygen atoms in total. The average Bonchev–Trinajstić information content (AvgIpc) is 2.05. The first-order valence-electron chi connectivity index (χ1n) is 4.29. The molecule has 4 heteroatoms. The van der Waals surface area contributed by atoms with Gasteiger partial charge in [0.1, 0.15) is 5.83 Å². The number of rotatable bonds is 6. The summed E-state index contributed by atoms with van der Waals surface area (Å²) in [4.78, 5) is 10.7. The maximum Gasteiger partial charge on any atom is 0.333 e. The van der Waals surface area contributed by atoms with E-state index in [-0.39, 0.29) is 12.4 Å². The third-order valence-electron chi connectivity index (χ3n) is 1.36. The Morgan fingerprint density at radius 1 is 1.54 bits per heavy atom. The monoisotopic (exact) mass is 300 g/mol. The maximum absolute atomic E-state index is 12.9. The molecule has 0 saturated carbocycles. The number of allylic oxidation sites excluding steroid dienone is 1. The molecule has 0 aromatic rings. The Kier molecular flexibility index (Phi) is 8.38. The Labute approximate surface area is 91.7 Å². The fraction of sp³-hybridized carbons (Fsp3) is 0.667. The SMILES string of the molecule is CCOC(=O)C=C(F)CCCCI. The van der Waals surface area contributed by atoms with Crippen molar-refractivity contribution in [3.05, 3.63) is 11.9 Å². The van der Waals surface area contributed by atoms with Crippen molar-refractivity contribution in [2.45, 2.75) is 26.2 Å². The molecule has 0 aromatic heterocycles. The Bertz CT molecular complexity index is 180. The zero-order valence-corrected chi connectivity index (χ0v) is 9.84. The highest BCUT2D eigenvalue weighted by atomic mass is 127. The second-order valence-electron chi connectivity index (χ2n) is 2.49. The number of hydrogen-bond acceptors (Lipinski definition) is 2. The normalized spacial score (nSPS) is 11.5. The van der Waals surface area contributed by atoms with E-state index in [1.165, 1.54) is 0 Å². The molecular weight excluding hydrogens is 286 g/mol. The highest BCUT2D eigenvalue weighted by molar-refractivity contribution is 14.1. The Hall–Kier alpha value is -0.130. The van der Waals surface area contributed by atoms with E-state index in [1.54, 1.807) is 6.92 Å². The summed E-state index contributed by atoms with van der Waals surface area (Å²) in [6, 6.07) is 0. The van der Waals surface area contributed by atoms with Gasteiger partial charge in [0.05, 0.1) is 12.7 Å². The van der Waals surface area contributed by atoms with Crippen LogP contribution in [0.15, 0.2) is 11.9 Å². The van der Waals surface area contributed by atoms with Crippen LogP contribution in [0.2, 0.25) is 0 Å². The molecule has 0 amide bonds. The van der Waals surface area contributed by atoms with Gasteiger partial charge in [-0.3, -0.25) is 0 Å². The van der Waals surface area contributed by atoms with E-state index >= 15 is 0 Å². The lowest BCUT2D eigenvalue weighted by Gasteiger charge is -1.97. The van der Waals surface area contributed by atoms with Crippen molar-refractivity contribution in [2.24, 2.45) is 0 Å². The van der Waals surface area contributed by atoms with Crippen LogP contribution in [-0.4, -0.2) is 17.0 Å². The minimum absolute atomic E-state index is 0.288. The van der Waals surface area contributed by atoms with Gasteiger partial charge in [-0.1, -0.05) is 22.6 Å². The number of halogens is 2. The third kappa shape index (κ3) is 8.21. The highest BCUT2D eigenvalue weighted by Gasteiger charge is 2.00. The number of unbranched alkanes of at least 4 members (excludes halogenated alkanes) is 1. The molecule has 0 bridgehead atoms. The van der Waals surface area contributed by atoms with Gasteiger partial charge in [-0.15, -0.1) is 0 Å². The molecule has 0 unspecified atom stereocenters. The lowest BCUT2D eigenvalue weighted by molar-refractivity contribution is -0.137. The molecule has 0 spiro atoms. The van der Waals surface area contributed by atoms with Crippen molar-refractivity contribution >= 4 is 28.6 Å². The van der Waals surface area contributed by atoms with E-state index < -0.39 is 5.97 Å². The molecular formula is C9H14FIO2. The molecule has 0 aliphatic carbocycles. The highest BCUT2D eigenvalue weighted by Crippen LogP contribution is 2.09. The molecule has 0 aliphatic heterocycles. The van der Waals surface area contributed by atoms with E-state index in [9.17, 15) is 9.18 Å². The van der Waals surface area contributed by atoms with Crippen LogP contribution < -0.4 is 0 Å². The number of alkyl halides is 1. The van der Waals surface area contributed by atoms with Gasteiger partial charge in [-0.05, 0) is 30.6 Å². The van der Waals surface area contributed by atoms with Gasteiger partial charge in [0.25, 0.3) is 0 Å². The van der Waals surface area contributed by atoms with Gasteiger partial charge < -0.3 is 4.74 Å². The van der Waals surface area contributed by atoms with Gasteiger partial charge in [0, 0.05) is 0 Å². The quantitative estimate of drug-likeness (QED) is 0.248. The summed E-state index contributed by atoms with van der Waals surface area (Å²) >= 11 is 2.24. The average molecular weight is 300 g/mol. The first kappa shape index (κ1) is 12.9. The number of carbonyl (C=O) groups excluding carboxylic acids is 1. The molecule has 13 heavy (non-hydrogen) atoms. The summed E-state index contributed by atoms with van der Waals surface area (Å²) in [6.45, 7) is 1.98. The van der Waals surface area contributed by atoms with E-state index in [0.29, 0.717) is 6.42 Å². The van der Waals surface area contributed by atoms with Crippen LogP contribution >= 0.6 is 22.6 Å². The second kappa shape index (κ2) is 8.47. The molecule has 0 aromatic carbocycles. The van der Waals surface area contributed by atoms with E-state index in [0.717, 1.165) is 23.3 Å². The van der Waals surface area contributed by atoms with Crippen LogP contribution in [0, 0.1) is 0 Å². The summed E-state index contributed by atoms with van der Waals surface area (Å²) in [6.07, 6.45) is 3.02. The van der Waals surface area contributed by atoms with Crippen molar-refractivity contribution in [2.75, 3.05) is 11.0 Å². The minimum Gasteiger partial charge on any atom is -0.463 e. The van der Waals surface area contributed by atoms with Gasteiger partial charge in [-0.2, -0.15) is 0 Å². The molecule has 0 aliphatic rings. The maximum atomic E-state index is 12.9. The smallest absolute Gasteiger partial charge is 0.333 e. The summed E-state index contributed by atoms with van der Waals surface area (Å²) < 4.78 is 18.4. The van der Waals surface area contributed by atoms with Gasteiger partial charge in [-0.25, -0.2) is 9.18 Å². The molecule has 0 radical (unpaired) electrons. The standard InChI is InChI=1S/C9H14FIO2/c1-2-13-9(12)7-8(10)5-3-4-6-11/h7H,2-6H2,1H3. The molecule has 0 heterocycles. The summed E-state index contributed by atoms with van der Waals surface area (Å²) in [7, 11) is 0. The molecule has 0 fully saturated rings. The fourth-order valence-corrected chi connectivity index (χ4v) is 1.31. The number of carbonyl (C=O) groups is 1. The summed E-state index contributed by atoms with van der Waals surface area (Å²) in [5, 5.41) is 0. The first-order valence-corrected chi connectivity index (χ1v) is 5.82. The molecule has 0 saturated heterocycles. The Morgan fingerprint density at radius 3 is 2.77 bits per heavy atom. The zero-order chi connectivity index (χ0) is 10.1. The van der Waals surface area contributed by atoms with Crippen molar-refractivity contribution in [1.82, 2.24) is 0 Å². The molecule has 0 rings (SSSR count). The van der Waals surface area contributed by atoms with Crippen LogP contribution in [0.5, 0.6) is 0 Å². The molecule has 0 atom stereocenters. The van der Waals surface area contributed by atoms with E-state index in [2.05, 4.69) is 27.3 Å². The zero-order valence-electron chi connectivity index (χ0n) is 7.69. The summed E-state index contributed by atoms with van der Waals surface area (Å²) in [5.74, 6) is -0.974. The number of hydrogen-bond donors (Lipinski definition) is 0. The van der Waals surface area contributed by atoms with E-state index in [4.69, 9.17) is 0 Å². The topological polar surface area (TPSA) is 26.3 Å². The van der Waals surface area contributed by atoms with E-state index in [1.807, 2.05) is 0 Å². The van der Waals surface area contributed by atoms with Crippen molar-refractivity contribution in [3.8, 4) is 0 Å². The lowest BCUT2D eigenvalue weighted by atomic mass is 10.2. The van der Waals surface area contributed by atoms with Crippen LogP contribution in [0.4, 0.5) is 4.39 Å². The molecule has 76 valence electrons. The number of ether oxygens (including phenoxy) is 1. The minimum atomic E-state index is -0.588. The van der Waals surface area contributed by atoms with Gasteiger partial charge >= 0.3 is 5.97 Å². The van der Waals surface area contributed by atoms with Crippen molar-refractivity contribution < 1.29 is 13.9 Å². The van der Waals surface area contributed by atoms with Crippen LogP contribution in [-0.2, 0) is 9.53 Å². The molecule has 0 N–H and O–H groups in total. The first-order chi connectivity index (χ1) is 6.20. The Balaban J connectivity index is 3.67. The summed E-state index contributed by atoms with van der Waals surface area (Å²) in [5.41, 5.74) is 0. The van der Waals surface area contributed by atoms with Gasteiger partial charge in [0.15, 0.2) is 0 Å². The van der Waals surface area contributed by atoms with Crippen LogP contribution in [0.3, 0.4) is 0 Å². The Morgan fingerprint density at radius 2 is 2.23 bits per heavy atom. The van der Waals surface area contributed by atoms with Crippen molar-refractivity contribution in [1.29, 1.82) is 0 Å². The predicted octanol–water partition coefficient (Wildman–Crippen LogP) is 3.01. The largest absolute Gasteiger partial charge is 0.463 e. The van der Waals surface area contributed by atoms with Crippen LogP contribution in [0.25, 0.3) is 0 Å². The number of esters is 1. The van der Waals surface area contributed by atoms with Crippen molar-refractivity contribution in [3.63, 3.8) is 0 Å². The predicted molar refractivity (Wildman–Crippen MR) is 58.6 cm³/mol. The second-order valence-corrected chi connectivity index (χ2v) is 3.57. The fourth-order valence-electron chi connectivity index (χ4n) is 0.772. The third-order valence-corrected chi connectivity index (χ3v) is 2.12. The lowest BCUT2D eigenvalue weighted by Crippen LogP contribution is -2.00.